The van der Waals surface area contributed by atoms with E-state index in [0.29, 0.717) is 10.7 Å². The van der Waals surface area contributed by atoms with Crippen LogP contribution in [0.3, 0.4) is 0 Å². The van der Waals surface area contributed by atoms with Crippen LogP contribution in [-0.4, -0.2) is 33.5 Å². The zero-order valence-electron chi connectivity index (χ0n) is 8.82. The maximum absolute atomic E-state index is 9.80. The summed E-state index contributed by atoms with van der Waals surface area (Å²) >= 11 is 9.53. The van der Waals surface area contributed by atoms with Gasteiger partial charge in [0.1, 0.15) is 4.71 Å². The Bertz CT molecular complexity index is 187. The lowest BCUT2D eigenvalue weighted by molar-refractivity contribution is 0.0708. The SMILES string of the molecule is CSC(S)NNCC1CC(Br)CCC1O. The van der Waals surface area contributed by atoms with E-state index in [4.69, 9.17) is 0 Å². The highest BCUT2D eigenvalue weighted by atomic mass is 79.9. The highest BCUT2D eigenvalue weighted by molar-refractivity contribution is 9.09. The van der Waals surface area contributed by atoms with Crippen molar-refractivity contribution < 1.29 is 5.11 Å². The molecule has 90 valence electrons. The summed E-state index contributed by atoms with van der Waals surface area (Å²) in [6, 6.07) is 0. The van der Waals surface area contributed by atoms with Gasteiger partial charge < -0.3 is 5.11 Å². The number of thioether (sulfide) groups is 1. The molecule has 1 fully saturated rings. The minimum Gasteiger partial charge on any atom is -0.393 e. The normalized spacial score (nSPS) is 34.0. The Morgan fingerprint density at radius 1 is 1.60 bits per heavy atom. The van der Waals surface area contributed by atoms with Gasteiger partial charge in [-0.3, -0.25) is 5.43 Å². The first-order valence-corrected chi connectivity index (χ1v) is 7.87. The van der Waals surface area contributed by atoms with Crippen LogP contribution in [0.4, 0.5) is 0 Å². The number of nitrogens with one attached hydrogen (secondary N) is 2. The Labute approximate surface area is 110 Å². The van der Waals surface area contributed by atoms with Gasteiger partial charge >= 0.3 is 0 Å². The van der Waals surface area contributed by atoms with Gasteiger partial charge in [-0.1, -0.05) is 15.9 Å². The van der Waals surface area contributed by atoms with Crippen molar-refractivity contribution in [1.82, 2.24) is 10.9 Å². The van der Waals surface area contributed by atoms with E-state index in [1.165, 1.54) is 0 Å². The van der Waals surface area contributed by atoms with Crippen LogP contribution in [0.1, 0.15) is 19.3 Å². The molecule has 1 rings (SSSR count). The topological polar surface area (TPSA) is 44.3 Å². The highest BCUT2D eigenvalue weighted by Gasteiger charge is 2.27. The van der Waals surface area contributed by atoms with E-state index in [1.54, 1.807) is 11.8 Å². The average molecular weight is 315 g/mol. The van der Waals surface area contributed by atoms with Crippen LogP contribution in [0, 0.1) is 5.92 Å². The van der Waals surface area contributed by atoms with Gasteiger partial charge in [-0.25, -0.2) is 5.43 Å². The molecule has 0 aliphatic heterocycles. The molecule has 0 spiro atoms. The first-order valence-electron chi connectivity index (χ1n) is 5.15. The van der Waals surface area contributed by atoms with E-state index in [1.807, 2.05) is 6.26 Å². The largest absolute Gasteiger partial charge is 0.393 e. The minimum absolute atomic E-state index is 0.102. The van der Waals surface area contributed by atoms with E-state index >= 15 is 0 Å². The Hall–Kier alpha value is 1.06. The van der Waals surface area contributed by atoms with E-state index in [2.05, 4.69) is 39.4 Å². The molecule has 1 saturated carbocycles. The third-order valence-corrected chi connectivity index (χ3v) is 4.85. The molecule has 4 atom stereocenters. The molecular formula is C9H19BrN2OS2. The third-order valence-electron chi connectivity index (χ3n) is 2.69. The molecule has 0 heterocycles. The molecule has 4 unspecified atom stereocenters. The van der Waals surface area contributed by atoms with Crippen LogP contribution in [0.5, 0.6) is 0 Å². The van der Waals surface area contributed by atoms with Crippen molar-refractivity contribution in [2.24, 2.45) is 5.92 Å². The number of aliphatic hydroxyl groups excluding tert-OH is 1. The molecule has 0 bridgehead atoms. The zero-order valence-corrected chi connectivity index (χ0v) is 12.1. The molecule has 0 aromatic rings. The molecule has 0 aromatic carbocycles. The van der Waals surface area contributed by atoms with Gasteiger partial charge in [-0.15, -0.1) is 24.4 Å². The number of hydrazine groups is 1. The standard InChI is InChI=1S/C9H19BrN2OS2/c1-15-9(14)12-11-5-6-4-7(10)2-3-8(6)13/h6-9,11-14H,2-5H2,1H3. The summed E-state index contributed by atoms with van der Waals surface area (Å²) in [7, 11) is 0. The van der Waals surface area contributed by atoms with Crippen LogP contribution in [-0.2, 0) is 0 Å². The lowest BCUT2D eigenvalue weighted by Gasteiger charge is -2.31. The van der Waals surface area contributed by atoms with Crippen LogP contribution < -0.4 is 10.9 Å². The first kappa shape index (κ1) is 14.1. The molecule has 3 nitrogen and oxygen atoms in total. The number of thiol groups is 1. The molecular weight excluding hydrogens is 296 g/mol. The van der Waals surface area contributed by atoms with Crippen molar-refractivity contribution in [3.63, 3.8) is 0 Å². The van der Waals surface area contributed by atoms with Gasteiger partial charge in [-0.05, 0) is 31.4 Å². The molecule has 1 aliphatic rings. The predicted octanol–water partition coefficient (Wildman–Crippen LogP) is 1.58. The highest BCUT2D eigenvalue weighted by Crippen LogP contribution is 2.28. The molecule has 0 radical (unpaired) electrons. The average Bonchev–Trinajstić information content (AvgIpc) is 2.23. The first-order chi connectivity index (χ1) is 7.13. The number of rotatable bonds is 5. The maximum atomic E-state index is 9.80. The fourth-order valence-corrected chi connectivity index (χ4v) is 2.78. The molecule has 15 heavy (non-hydrogen) atoms. The van der Waals surface area contributed by atoms with Gasteiger partial charge in [0.05, 0.1) is 6.10 Å². The Morgan fingerprint density at radius 3 is 3.00 bits per heavy atom. The number of hydrogen-bond acceptors (Lipinski definition) is 5. The smallest absolute Gasteiger partial charge is 0.109 e. The Balaban J connectivity index is 2.18. The number of hydrogen-bond donors (Lipinski definition) is 4. The third kappa shape index (κ3) is 5.28. The number of aliphatic hydroxyl groups is 1. The monoisotopic (exact) mass is 314 g/mol. The van der Waals surface area contributed by atoms with E-state index in [9.17, 15) is 5.11 Å². The van der Waals surface area contributed by atoms with Gasteiger partial charge in [0.15, 0.2) is 0 Å². The second-order valence-electron chi connectivity index (χ2n) is 3.85. The van der Waals surface area contributed by atoms with Crippen LogP contribution >= 0.6 is 40.3 Å². The molecule has 0 aromatic heterocycles. The number of alkyl halides is 1. The summed E-state index contributed by atoms with van der Waals surface area (Å²) < 4.78 is 0.102. The number of halogens is 1. The maximum Gasteiger partial charge on any atom is 0.109 e. The summed E-state index contributed by atoms with van der Waals surface area (Å²) in [5, 5.41) is 9.80. The molecule has 0 saturated heterocycles. The zero-order chi connectivity index (χ0) is 11.3. The predicted molar refractivity (Wildman–Crippen MR) is 73.5 cm³/mol. The van der Waals surface area contributed by atoms with E-state index < -0.39 is 0 Å². The van der Waals surface area contributed by atoms with Crippen molar-refractivity contribution in [2.45, 2.75) is 34.9 Å². The second-order valence-corrected chi connectivity index (χ2v) is 6.95. The lowest BCUT2D eigenvalue weighted by atomic mass is 9.86. The Kier molecular flexibility index (Phi) is 6.97. The van der Waals surface area contributed by atoms with Gasteiger partial charge in [0.25, 0.3) is 0 Å². The lowest BCUT2D eigenvalue weighted by Crippen LogP contribution is -2.44. The van der Waals surface area contributed by atoms with Crippen LogP contribution in [0.15, 0.2) is 0 Å². The van der Waals surface area contributed by atoms with Crippen LogP contribution in [0.2, 0.25) is 0 Å². The van der Waals surface area contributed by atoms with Gasteiger partial charge in [0, 0.05) is 11.4 Å². The van der Waals surface area contributed by atoms with Crippen molar-refractivity contribution in [2.75, 3.05) is 12.8 Å². The fourth-order valence-electron chi connectivity index (χ4n) is 1.75. The molecule has 1 aliphatic carbocycles. The van der Waals surface area contributed by atoms with Crippen molar-refractivity contribution >= 4 is 40.3 Å². The second kappa shape index (κ2) is 7.40. The summed E-state index contributed by atoms with van der Waals surface area (Å²) in [6.45, 7) is 0.793. The summed E-state index contributed by atoms with van der Waals surface area (Å²) in [5.74, 6) is 0.331. The van der Waals surface area contributed by atoms with Crippen molar-refractivity contribution in [3.05, 3.63) is 0 Å². The van der Waals surface area contributed by atoms with Crippen molar-refractivity contribution in [1.29, 1.82) is 0 Å². The Morgan fingerprint density at radius 2 is 2.33 bits per heavy atom. The van der Waals surface area contributed by atoms with Crippen LogP contribution in [0.25, 0.3) is 0 Å². The minimum atomic E-state index is -0.166. The van der Waals surface area contributed by atoms with E-state index in [0.717, 1.165) is 25.8 Å². The van der Waals surface area contributed by atoms with E-state index in [-0.39, 0.29) is 10.8 Å². The molecule has 6 heteroatoms. The quantitative estimate of drug-likeness (QED) is 0.269. The van der Waals surface area contributed by atoms with Crippen molar-refractivity contribution in [3.8, 4) is 0 Å². The summed E-state index contributed by atoms with van der Waals surface area (Å²) in [5.41, 5.74) is 6.19. The van der Waals surface area contributed by atoms with Gasteiger partial charge in [0.2, 0.25) is 0 Å². The molecule has 0 amide bonds. The van der Waals surface area contributed by atoms with Gasteiger partial charge in [-0.2, -0.15) is 0 Å². The summed E-state index contributed by atoms with van der Waals surface area (Å²) in [6.07, 6.45) is 4.84. The fraction of sp³-hybridized carbons (Fsp3) is 1.00. The molecule has 3 N–H and O–H groups in total. The summed E-state index contributed by atoms with van der Waals surface area (Å²) in [4.78, 5) is 0.556.